The number of thiazole rings is 1. The molecule has 0 saturated heterocycles. The summed E-state index contributed by atoms with van der Waals surface area (Å²) in [5, 5.41) is 4.61. The Bertz CT molecular complexity index is 1620. The molecule has 0 amide bonds. The maximum atomic E-state index is 8.29. The number of hydrogen-bond donors (Lipinski definition) is 0. The molecule has 1 aliphatic heterocycles. The van der Waals surface area contributed by atoms with Crippen LogP contribution in [0.1, 0.15) is 24.4 Å². The highest BCUT2D eigenvalue weighted by Crippen LogP contribution is 2.47. The molecular formula is C39H54N5O7S+. The van der Waals surface area contributed by atoms with E-state index in [2.05, 4.69) is 112 Å². The molecule has 0 bridgehead atoms. The molecule has 52 heavy (non-hydrogen) atoms. The highest BCUT2D eigenvalue weighted by atomic mass is 32.1. The van der Waals surface area contributed by atoms with Crippen LogP contribution in [-0.2, 0) is 45.1 Å². The van der Waals surface area contributed by atoms with Crippen molar-refractivity contribution in [2.24, 2.45) is 5.11 Å². The van der Waals surface area contributed by atoms with Gasteiger partial charge in [0, 0.05) is 54.1 Å². The molecule has 0 saturated carbocycles. The van der Waals surface area contributed by atoms with Crippen LogP contribution in [0.15, 0.2) is 83.6 Å². The number of anilines is 1. The molecule has 0 spiro atoms. The predicted octanol–water partition coefficient (Wildman–Crippen LogP) is 6.50. The van der Waals surface area contributed by atoms with E-state index in [4.69, 9.17) is 38.7 Å². The van der Waals surface area contributed by atoms with E-state index in [0.717, 1.165) is 13.1 Å². The van der Waals surface area contributed by atoms with Gasteiger partial charge >= 0.3 is 0 Å². The minimum atomic E-state index is -0.149. The fourth-order valence-electron chi connectivity index (χ4n) is 5.83. The third-order valence-corrected chi connectivity index (χ3v) is 9.52. The summed E-state index contributed by atoms with van der Waals surface area (Å²) < 4.78 is 42.4. The lowest BCUT2D eigenvalue weighted by molar-refractivity contribution is -0.670. The van der Waals surface area contributed by atoms with E-state index in [1.54, 1.807) is 18.4 Å². The van der Waals surface area contributed by atoms with Crippen LogP contribution < -0.4 is 9.47 Å². The van der Waals surface area contributed by atoms with E-state index >= 15 is 0 Å². The van der Waals surface area contributed by atoms with Crippen molar-refractivity contribution in [3.8, 4) is 0 Å². The lowest BCUT2D eigenvalue weighted by atomic mass is 9.84. The minimum absolute atomic E-state index is 0.149. The third-order valence-electron chi connectivity index (χ3n) is 8.39. The fraction of sp³-hybridized carbons (Fsp3) is 0.513. The van der Waals surface area contributed by atoms with Gasteiger partial charge in [0.15, 0.2) is 6.54 Å². The first-order valence-corrected chi connectivity index (χ1v) is 18.7. The van der Waals surface area contributed by atoms with E-state index < -0.39 is 0 Å². The van der Waals surface area contributed by atoms with Crippen LogP contribution in [-0.4, -0.2) is 106 Å². The second-order valence-electron chi connectivity index (χ2n) is 12.3. The van der Waals surface area contributed by atoms with Crippen LogP contribution in [0, 0.1) is 0 Å². The number of methoxy groups -OCH3 is 1. The molecular weight excluding hydrogens is 683 g/mol. The molecule has 0 N–H and O–H groups in total. The highest BCUT2D eigenvalue weighted by Gasteiger charge is 2.39. The Kier molecular flexibility index (Phi) is 18.9. The molecule has 0 fully saturated rings. The lowest BCUT2D eigenvalue weighted by Crippen LogP contribution is -2.37. The second kappa shape index (κ2) is 23.8. The first-order valence-electron chi connectivity index (χ1n) is 17.9. The summed E-state index contributed by atoms with van der Waals surface area (Å²) in [4.78, 5) is 5.07. The van der Waals surface area contributed by atoms with E-state index in [1.165, 1.54) is 32.2 Å². The van der Waals surface area contributed by atoms with Gasteiger partial charge in [-0.3, -0.25) is 0 Å². The first kappa shape index (κ1) is 41.1. The van der Waals surface area contributed by atoms with Gasteiger partial charge in [0.05, 0.1) is 79.3 Å². The second-order valence-corrected chi connectivity index (χ2v) is 13.3. The van der Waals surface area contributed by atoms with Gasteiger partial charge in [0.1, 0.15) is 11.3 Å². The van der Waals surface area contributed by atoms with E-state index in [0.29, 0.717) is 92.4 Å². The number of azide groups is 1. The number of aromatic nitrogens is 1. The topological polar surface area (TPSA) is 120 Å². The van der Waals surface area contributed by atoms with Crippen molar-refractivity contribution in [1.82, 2.24) is 0 Å². The lowest BCUT2D eigenvalue weighted by Gasteiger charge is -2.27. The quantitative estimate of drug-likeness (QED) is 0.0218. The average molecular weight is 737 g/mol. The number of rotatable bonds is 27. The largest absolute Gasteiger partial charge is 0.382 e. The van der Waals surface area contributed by atoms with E-state index in [-0.39, 0.29) is 5.41 Å². The molecule has 0 radical (unpaired) electrons. The first-order chi connectivity index (χ1) is 25.6. The van der Waals surface area contributed by atoms with Gasteiger partial charge < -0.3 is 38.1 Å². The predicted molar refractivity (Wildman–Crippen MR) is 206 cm³/mol. The standard InChI is InChI=1S/C39H54N5O7S/c1-39(2)33-11-7-8-12-34(33)43(18-21-47-26-29-50-28-25-46-20-17-41-42-40)37(39)15-5-4-6-16-38-44(35-13-9-10-14-36(35)52-38)19-22-48-27-30-51-32-31-49-24-23-45-3/h4-16H,17-32H2,1-3H3/q+1. The summed E-state index contributed by atoms with van der Waals surface area (Å²) in [6.45, 7) is 13.2. The van der Waals surface area contributed by atoms with E-state index in [9.17, 15) is 0 Å². The van der Waals surface area contributed by atoms with Gasteiger partial charge in [-0.25, -0.2) is 0 Å². The number of para-hydroxylation sites is 2. The van der Waals surface area contributed by atoms with Gasteiger partial charge in [-0.2, -0.15) is 4.57 Å². The molecule has 2 aromatic carbocycles. The van der Waals surface area contributed by atoms with Crippen LogP contribution in [0.5, 0.6) is 0 Å². The minimum Gasteiger partial charge on any atom is -0.382 e. The van der Waals surface area contributed by atoms with Crippen LogP contribution in [0.3, 0.4) is 0 Å². The van der Waals surface area contributed by atoms with Crippen molar-refractivity contribution in [2.75, 3.05) is 111 Å². The van der Waals surface area contributed by atoms with Gasteiger partial charge in [-0.05, 0) is 29.3 Å². The van der Waals surface area contributed by atoms with Gasteiger partial charge in [-0.1, -0.05) is 78.9 Å². The highest BCUT2D eigenvalue weighted by molar-refractivity contribution is 7.18. The summed E-state index contributed by atoms with van der Waals surface area (Å²) in [5.74, 6) is 0. The Morgan fingerprint density at radius 1 is 0.750 bits per heavy atom. The summed E-state index contributed by atoms with van der Waals surface area (Å²) in [6, 6.07) is 17.1. The van der Waals surface area contributed by atoms with Crippen LogP contribution >= 0.6 is 11.3 Å². The summed E-state index contributed by atoms with van der Waals surface area (Å²) >= 11 is 1.78. The zero-order chi connectivity index (χ0) is 36.7. The molecule has 0 atom stereocenters. The monoisotopic (exact) mass is 736 g/mol. The third kappa shape index (κ3) is 13.1. The SMILES string of the molecule is COCCOCCOCCOCC[n+]1c(/C=C/C=C/C=C2/N(CCOCCOCCOCCN=[N+]=[N-])c3ccccc3C2(C)C)sc2ccccc21. The summed E-state index contributed by atoms with van der Waals surface area (Å²) in [6.07, 6.45) is 10.7. The van der Waals surface area contributed by atoms with Gasteiger partial charge in [0.2, 0.25) is 5.52 Å². The number of benzene rings is 2. The molecule has 0 aliphatic carbocycles. The fourth-order valence-corrected chi connectivity index (χ4v) is 6.93. The van der Waals surface area contributed by atoms with Crippen LogP contribution in [0.4, 0.5) is 5.69 Å². The molecule has 4 rings (SSSR count). The molecule has 1 aromatic heterocycles. The maximum absolute atomic E-state index is 8.29. The average Bonchev–Trinajstić information content (AvgIpc) is 3.61. The Balaban J connectivity index is 1.28. The number of hydrogen-bond acceptors (Lipinski definition) is 10. The molecule has 13 heteroatoms. The van der Waals surface area contributed by atoms with Crippen molar-refractivity contribution in [3.05, 3.63) is 99.5 Å². The zero-order valence-electron chi connectivity index (χ0n) is 30.8. The normalized spacial score (nSPS) is 14.7. The summed E-state index contributed by atoms with van der Waals surface area (Å²) in [7, 11) is 1.66. The van der Waals surface area contributed by atoms with Crippen molar-refractivity contribution < 1.29 is 37.7 Å². The molecule has 3 aromatic rings. The number of nitrogens with zero attached hydrogens (tertiary/aromatic N) is 5. The zero-order valence-corrected chi connectivity index (χ0v) is 31.6. The molecule has 282 valence electrons. The maximum Gasteiger partial charge on any atom is 0.262 e. The number of allylic oxidation sites excluding steroid dienone is 5. The molecule has 2 heterocycles. The molecule has 1 aliphatic rings. The number of fused-ring (bicyclic) bond motifs is 2. The number of ether oxygens (including phenoxy) is 7. The van der Waals surface area contributed by atoms with Crippen molar-refractivity contribution in [1.29, 1.82) is 0 Å². The smallest absolute Gasteiger partial charge is 0.262 e. The molecule has 12 nitrogen and oxygen atoms in total. The molecule has 0 unspecified atom stereocenters. The van der Waals surface area contributed by atoms with Crippen LogP contribution in [0.2, 0.25) is 0 Å². The Labute approximate surface area is 311 Å². The van der Waals surface area contributed by atoms with Crippen LogP contribution in [0.25, 0.3) is 26.7 Å². The van der Waals surface area contributed by atoms with Gasteiger partial charge in [-0.15, -0.1) is 0 Å². The van der Waals surface area contributed by atoms with Crippen molar-refractivity contribution in [2.45, 2.75) is 25.8 Å². The van der Waals surface area contributed by atoms with Crippen molar-refractivity contribution in [3.63, 3.8) is 0 Å². The Morgan fingerprint density at radius 3 is 2.08 bits per heavy atom. The van der Waals surface area contributed by atoms with Crippen molar-refractivity contribution >= 4 is 33.3 Å². The van der Waals surface area contributed by atoms with Gasteiger partial charge in [0.25, 0.3) is 5.01 Å². The van der Waals surface area contributed by atoms with E-state index in [1.807, 2.05) is 0 Å². The summed E-state index contributed by atoms with van der Waals surface area (Å²) in [5.41, 5.74) is 13.1. The Morgan fingerprint density at radius 2 is 1.37 bits per heavy atom. The Hall–Kier alpha value is -3.62.